The van der Waals surface area contributed by atoms with E-state index < -0.39 is 0 Å². The smallest absolute Gasteiger partial charge is 0.254 e. The fourth-order valence-electron chi connectivity index (χ4n) is 3.51. The van der Waals surface area contributed by atoms with Gasteiger partial charge in [0, 0.05) is 36.3 Å². The van der Waals surface area contributed by atoms with Crippen molar-refractivity contribution in [3.05, 3.63) is 34.9 Å². The molecule has 2 atom stereocenters. The summed E-state index contributed by atoms with van der Waals surface area (Å²) >= 11 is 5.99. The van der Waals surface area contributed by atoms with Crippen molar-refractivity contribution in [3.63, 3.8) is 0 Å². The van der Waals surface area contributed by atoms with E-state index in [4.69, 9.17) is 16.3 Å². The molecule has 2 heterocycles. The Morgan fingerprint density at radius 2 is 2.23 bits per heavy atom. The first kappa shape index (κ1) is 15.8. The standard InChI is InChI=1S/C17H23ClN2O2/c1-2-4-15-11-22-12-16-10-19(7-8-20(15)16)17(21)13-5-3-6-14(18)9-13/h3,5-6,9,15-16H,2,4,7-8,10-12H2,1H3/t15-,16+/m0/s1. The molecule has 0 saturated carbocycles. The van der Waals surface area contributed by atoms with E-state index in [1.54, 1.807) is 12.1 Å². The highest BCUT2D eigenvalue weighted by Gasteiger charge is 2.36. The Labute approximate surface area is 137 Å². The fraction of sp³-hybridized carbons (Fsp3) is 0.588. The molecular weight excluding hydrogens is 300 g/mol. The van der Waals surface area contributed by atoms with Crippen molar-refractivity contribution in [1.82, 2.24) is 9.80 Å². The molecule has 0 aliphatic carbocycles. The van der Waals surface area contributed by atoms with E-state index in [0.717, 1.165) is 32.8 Å². The molecule has 5 heteroatoms. The second-order valence-electron chi connectivity index (χ2n) is 6.13. The van der Waals surface area contributed by atoms with Gasteiger partial charge in [-0.05, 0) is 24.6 Å². The Morgan fingerprint density at radius 1 is 1.36 bits per heavy atom. The van der Waals surface area contributed by atoms with E-state index in [-0.39, 0.29) is 5.91 Å². The predicted molar refractivity (Wildman–Crippen MR) is 87.4 cm³/mol. The molecule has 2 saturated heterocycles. The topological polar surface area (TPSA) is 32.8 Å². The summed E-state index contributed by atoms with van der Waals surface area (Å²) in [6.07, 6.45) is 2.33. The third-order valence-electron chi connectivity index (χ3n) is 4.60. The third-order valence-corrected chi connectivity index (χ3v) is 4.83. The van der Waals surface area contributed by atoms with Gasteiger partial charge in [0.2, 0.25) is 0 Å². The average Bonchev–Trinajstić information content (AvgIpc) is 2.54. The number of piperazine rings is 1. The molecule has 0 radical (unpaired) electrons. The van der Waals surface area contributed by atoms with E-state index in [1.165, 1.54) is 12.8 Å². The Kier molecular flexibility index (Phi) is 5.01. The van der Waals surface area contributed by atoms with Crippen molar-refractivity contribution in [3.8, 4) is 0 Å². The minimum absolute atomic E-state index is 0.0692. The largest absolute Gasteiger partial charge is 0.378 e. The van der Waals surface area contributed by atoms with E-state index in [0.29, 0.717) is 22.7 Å². The zero-order chi connectivity index (χ0) is 15.5. The van der Waals surface area contributed by atoms with Gasteiger partial charge in [0.05, 0.1) is 19.3 Å². The minimum atomic E-state index is 0.0692. The first-order valence-corrected chi connectivity index (χ1v) is 8.45. The molecule has 3 rings (SSSR count). The molecule has 1 aromatic carbocycles. The van der Waals surface area contributed by atoms with E-state index in [2.05, 4.69) is 11.8 Å². The molecule has 2 aliphatic rings. The molecule has 0 aromatic heterocycles. The highest BCUT2D eigenvalue weighted by atomic mass is 35.5. The molecule has 0 N–H and O–H groups in total. The lowest BCUT2D eigenvalue weighted by molar-refractivity contribution is -0.0776. The van der Waals surface area contributed by atoms with Crippen molar-refractivity contribution in [2.45, 2.75) is 31.8 Å². The molecule has 120 valence electrons. The zero-order valence-corrected chi connectivity index (χ0v) is 13.8. The van der Waals surface area contributed by atoms with Gasteiger partial charge in [-0.15, -0.1) is 0 Å². The van der Waals surface area contributed by atoms with Gasteiger partial charge in [-0.25, -0.2) is 0 Å². The van der Waals surface area contributed by atoms with Gasteiger partial charge < -0.3 is 9.64 Å². The number of rotatable bonds is 3. The molecule has 2 fully saturated rings. The van der Waals surface area contributed by atoms with Gasteiger partial charge in [-0.1, -0.05) is 31.0 Å². The number of carbonyl (C=O) groups is 1. The van der Waals surface area contributed by atoms with Crippen molar-refractivity contribution in [2.75, 3.05) is 32.8 Å². The fourth-order valence-corrected chi connectivity index (χ4v) is 3.70. The number of benzene rings is 1. The second-order valence-corrected chi connectivity index (χ2v) is 6.57. The molecule has 4 nitrogen and oxygen atoms in total. The molecular formula is C17H23ClN2O2. The van der Waals surface area contributed by atoms with Crippen LogP contribution in [0.25, 0.3) is 0 Å². The van der Waals surface area contributed by atoms with Gasteiger partial charge in [0.25, 0.3) is 5.91 Å². The maximum atomic E-state index is 12.6. The summed E-state index contributed by atoms with van der Waals surface area (Å²) in [6, 6.07) is 8.02. The van der Waals surface area contributed by atoms with Crippen LogP contribution >= 0.6 is 11.6 Å². The van der Waals surface area contributed by atoms with Crippen LogP contribution in [0, 0.1) is 0 Å². The summed E-state index contributed by atoms with van der Waals surface area (Å²) in [7, 11) is 0. The molecule has 2 aliphatic heterocycles. The normalized spacial score (nSPS) is 25.8. The number of fused-ring (bicyclic) bond motifs is 1. The monoisotopic (exact) mass is 322 g/mol. The van der Waals surface area contributed by atoms with Crippen LogP contribution in [0.3, 0.4) is 0 Å². The maximum Gasteiger partial charge on any atom is 0.254 e. The van der Waals surface area contributed by atoms with Crippen LogP contribution in [0.1, 0.15) is 30.1 Å². The summed E-state index contributed by atoms with van der Waals surface area (Å²) in [5, 5.41) is 0.605. The van der Waals surface area contributed by atoms with Crippen LogP contribution in [0.4, 0.5) is 0 Å². The number of hydrogen-bond acceptors (Lipinski definition) is 3. The quantitative estimate of drug-likeness (QED) is 0.857. The Balaban J connectivity index is 1.68. The van der Waals surface area contributed by atoms with Crippen LogP contribution in [-0.2, 0) is 4.74 Å². The van der Waals surface area contributed by atoms with Gasteiger partial charge in [-0.3, -0.25) is 9.69 Å². The van der Waals surface area contributed by atoms with Crippen molar-refractivity contribution in [2.24, 2.45) is 0 Å². The van der Waals surface area contributed by atoms with Crippen molar-refractivity contribution >= 4 is 17.5 Å². The lowest BCUT2D eigenvalue weighted by atomic mass is 10.0. The zero-order valence-electron chi connectivity index (χ0n) is 13.0. The summed E-state index contributed by atoms with van der Waals surface area (Å²) in [6.45, 7) is 6.22. The summed E-state index contributed by atoms with van der Waals surface area (Å²) in [5.41, 5.74) is 0.669. The first-order chi connectivity index (χ1) is 10.7. The second kappa shape index (κ2) is 6.99. The lowest BCUT2D eigenvalue weighted by Gasteiger charge is -2.48. The first-order valence-electron chi connectivity index (χ1n) is 8.07. The molecule has 1 amide bonds. The van der Waals surface area contributed by atoms with Gasteiger partial charge in [0.1, 0.15) is 0 Å². The molecule has 0 spiro atoms. The molecule has 0 unspecified atom stereocenters. The average molecular weight is 323 g/mol. The summed E-state index contributed by atoms with van der Waals surface area (Å²) in [4.78, 5) is 17.1. The Hall–Kier alpha value is -1.10. The van der Waals surface area contributed by atoms with Gasteiger partial charge >= 0.3 is 0 Å². The molecule has 0 bridgehead atoms. The predicted octanol–water partition coefficient (Wildman–Crippen LogP) is 2.67. The van der Waals surface area contributed by atoms with Gasteiger partial charge in [-0.2, -0.15) is 0 Å². The van der Waals surface area contributed by atoms with Crippen molar-refractivity contribution in [1.29, 1.82) is 0 Å². The Morgan fingerprint density at radius 3 is 3.00 bits per heavy atom. The van der Waals surface area contributed by atoms with Crippen LogP contribution < -0.4 is 0 Å². The van der Waals surface area contributed by atoms with E-state index in [9.17, 15) is 4.79 Å². The van der Waals surface area contributed by atoms with E-state index >= 15 is 0 Å². The summed E-state index contributed by atoms with van der Waals surface area (Å²) < 4.78 is 5.76. The SMILES string of the molecule is CCC[C@H]1COC[C@H]2CN(C(=O)c3cccc(Cl)c3)CCN12. The van der Waals surface area contributed by atoms with Crippen LogP contribution in [-0.4, -0.2) is 60.6 Å². The lowest BCUT2D eigenvalue weighted by Crippen LogP contribution is -2.62. The number of nitrogens with zero attached hydrogens (tertiary/aromatic N) is 2. The number of carbonyl (C=O) groups excluding carboxylic acids is 1. The van der Waals surface area contributed by atoms with Crippen LogP contribution in [0.15, 0.2) is 24.3 Å². The Bertz CT molecular complexity index is 535. The maximum absolute atomic E-state index is 12.6. The minimum Gasteiger partial charge on any atom is -0.378 e. The number of ether oxygens (including phenoxy) is 1. The molecule has 22 heavy (non-hydrogen) atoms. The highest BCUT2D eigenvalue weighted by molar-refractivity contribution is 6.30. The van der Waals surface area contributed by atoms with Crippen LogP contribution in [0.5, 0.6) is 0 Å². The highest BCUT2D eigenvalue weighted by Crippen LogP contribution is 2.23. The number of halogens is 1. The van der Waals surface area contributed by atoms with Crippen molar-refractivity contribution < 1.29 is 9.53 Å². The molecule has 1 aromatic rings. The van der Waals surface area contributed by atoms with E-state index in [1.807, 2.05) is 17.0 Å². The van der Waals surface area contributed by atoms with Gasteiger partial charge in [0.15, 0.2) is 0 Å². The van der Waals surface area contributed by atoms with Crippen LogP contribution in [0.2, 0.25) is 5.02 Å². The summed E-state index contributed by atoms with van der Waals surface area (Å²) in [5.74, 6) is 0.0692. The number of amides is 1. The number of morpholine rings is 1. The number of hydrogen-bond donors (Lipinski definition) is 0. The third kappa shape index (κ3) is 3.29.